The molecule has 31 heavy (non-hydrogen) atoms. The van der Waals surface area contributed by atoms with Crippen LogP contribution in [0.2, 0.25) is 0 Å². The molecule has 0 bridgehead atoms. The van der Waals surface area contributed by atoms with Crippen LogP contribution in [0.3, 0.4) is 0 Å². The van der Waals surface area contributed by atoms with Crippen molar-refractivity contribution in [3.63, 3.8) is 0 Å². The van der Waals surface area contributed by atoms with Crippen molar-refractivity contribution in [2.75, 3.05) is 13.3 Å². The summed E-state index contributed by atoms with van der Waals surface area (Å²) >= 11 is 0. The third kappa shape index (κ3) is 4.44. The Morgan fingerprint density at radius 1 is 1.00 bits per heavy atom. The zero-order chi connectivity index (χ0) is 21.0. The van der Waals surface area contributed by atoms with E-state index >= 15 is 0 Å². The Kier molecular flexibility index (Phi) is 5.37. The third-order valence-corrected chi connectivity index (χ3v) is 5.61. The second-order valence-corrected chi connectivity index (χ2v) is 7.74. The highest BCUT2D eigenvalue weighted by atomic mass is 16.7. The number of carbonyl (C=O) groups excluding carboxylic acids is 1. The molecule has 0 saturated heterocycles. The molecule has 2 aliphatic rings. The molecule has 6 nitrogen and oxygen atoms in total. The van der Waals surface area contributed by atoms with Gasteiger partial charge in [-0.15, -0.1) is 0 Å². The smallest absolute Gasteiger partial charge is 0.271 e. The summed E-state index contributed by atoms with van der Waals surface area (Å²) in [7, 11) is 0. The Hall–Kier alpha value is -3.64. The van der Waals surface area contributed by atoms with E-state index in [9.17, 15) is 4.79 Å². The molecule has 156 valence electrons. The van der Waals surface area contributed by atoms with E-state index in [0.29, 0.717) is 11.3 Å². The van der Waals surface area contributed by atoms with Crippen molar-refractivity contribution < 1.29 is 14.3 Å². The predicted molar refractivity (Wildman–Crippen MR) is 118 cm³/mol. The quantitative estimate of drug-likeness (QED) is 0.511. The standard InChI is InChI=1S/C25H23N3O3/c29-25(27-26-14-19-7-10-23-24(13-19)31-17-30-23)21-8-5-18(6-9-21)15-28-12-11-20-3-1-2-4-22(20)16-28/h1-10,13-14H,11-12,15-17H2,(H,27,29)/b26-14-. The molecule has 0 atom stereocenters. The van der Waals surface area contributed by atoms with Crippen molar-refractivity contribution in [2.45, 2.75) is 19.5 Å². The number of nitrogens with one attached hydrogen (secondary N) is 1. The number of hydrogen-bond donors (Lipinski definition) is 1. The zero-order valence-corrected chi connectivity index (χ0v) is 17.1. The van der Waals surface area contributed by atoms with E-state index in [2.05, 4.69) is 39.7 Å². The number of rotatable bonds is 5. The van der Waals surface area contributed by atoms with Gasteiger partial charge in [-0.25, -0.2) is 5.43 Å². The van der Waals surface area contributed by atoms with E-state index in [-0.39, 0.29) is 12.7 Å². The average molecular weight is 413 g/mol. The minimum Gasteiger partial charge on any atom is -0.454 e. The van der Waals surface area contributed by atoms with E-state index in [4.69, 9.17) is 9.47 Å². The summed E-state index contributed by atoms with van der Waals surface area (Å²) in [4.78, 5) is 14.8. The van der Waals surface area contributed by atoms with Crippen LogP contribution in [0, 0.1) is 0 Å². The first kappa shape index (κ1) is 19.3. The maximum absolute atomic E-state index is 12.4. The highest BCUT2D eigenvalue weighted by molar-refractivity contribution is 5.95. The van der Waals surface area contributed by atoms with Crippen LogP contribution in [0.4, 0.5) is 0 Å². The van der Waals surface area contributed by atoms with Gasteiger partial charge in [-0.2, -0.15) is 5.10 Å². The number of hydrogen-bond acceptors (Lipinski definition) is 5. The molecule has 0 radical (unpaired) electrons. The molecular weight excluding hydrogens is 390 g/mol. The number of ether oxygens (including phenoxy) is 2. The summed E-state index contributed by atoms with van der Waals surface area (Å²) in [6, 6.07) is 21.9. The SMILES string of the molecule is O=C(N/N=C\c1ccc2c(c1)OCO2)c1ccc(CN2CCc3ccccc3C2)cc1. The Morgan fingerprint density at radius 3 is 2.68 bits per heavy atom. The normalized spacial score (nSPS) is 15.1. The number of hydrazone groups is 1. The van der Waals surface area contributed by atoms with Crippen molar-refractivity contribution in [1.82, 2.24) is 10.3 Å². The first-order valence-corrected chi connectivity index (χ1v) is 10.4. The fraction of sp³-hybridized carbons (Fsp3) is 0.200. The first-order chi connectivity index (χ1) is 15.2. The van der Waals surface area contributed by atoms with Crippen LogP contribution in [0.5, 0.6) is 11.5 Å². The van der Waals surface area contributed by atoms with E-state index < -0.39 is 0 Å². The highest BCUT2D eigenvalue weighted by Gasteiger charge is 2.16. The van der Waals surface area contributed by atoms with Gasteiger partial charge in [0.1, 0.15) is 0 Å². The molecule has 0 saturated carbocycles. The highest BCUT2D eigenvalue weighted by Crippen LogP contribution is 2.32. The Bertz CT molecular complexity index is 1130. The van der Waals surface area contributed by atoms with Crippen LogP contribution in [0.25, 0.3) is 0 Å². The first-order valence-electron chi connectivity index (χ1n) is 10.4. The number of carbonyl (C=O) groups is 1. The summed E-state index contributed by atoms with van der Waals surface area (Å²) in [5, 5.41) is 4.05. The molecule has 0 unspecified atom stereocenters. The molecular formula is C25H23N3O3. The molecule has 1 amide bonds. The molecule has 2 heterocycles. The number of nitrogens with zero attached hydrogens (tertiary/aromatic N) is 2. The van der Waals surface area contributed by atoms with Gasteiger partial charge in [0, 0.05) is 25.2 Å². The minimum absolute atomic E-state index is 0.230. The second kappa shape index (κ2) is 8.62. The molecule has 2 aliphatic heterocycles. The summed E-state index contributed by atoms with van der Waals surface area (Å²) in [5.41, 5.74) is 8.03. The van der Waals surface area contributed by atoms with Crippen LogP contribution in [0.1, 0.15) is 32.6 Å². The van der Waals surface area contributed by atoms with Crippen molar-refractivity contribution in [2.24, 2.45) is 5.10 Å². The van der Waals surface area contributed by atoms with E-state index in [1.54, 1.807) is 6.21 Å². The van der Waals surface area contributed by atoms with Gasteiger partial charge in [-0.1, -0.05) is 36.4 Å². The molecule has 0 spiro atoms. The van der Waals surface area contributed by atoms with Gasteiger partial charge in [0.05, 0.1) is 6.21 Å². The molecule has 3 aromatic carbocycles. The summed E-state index contributed by atoms with van der Waals surface area (Å²) < 4.78 is 10.6. The van der Waals surface area contributed by atoms with Crippen molar-refractivity contribution in [1.29, 1.82) is 0 Å². The van der Waals surface area contributed by atoms with Crippen LogP contribution in [-0.2, 0) is 19.5 Å². The van der Waals surface area contributed by atoms with E-state index in [1.807, 2.05) is 42.5 Å². The molecule has 3 aromatic rings. The van der Waals surface area contributed by atoms with E-state index in [0.717, 1.165) is 37.4 Å². The second-order valence-electron chi connectivity index (χ2n) is 7.74. The largest absolute Gasteiger partial charge is 0.454 e. The van der Waals surface area contributed by atoms with Gasteiger partial charge in [0.2, 0.25) is 6.79 Å². The summed E-state index contributed by atoms with van der Waals surface area (Å²) in [6.45, 7) is 3.12. The Morgan fingerprint density at radius 2 is 1.81 bits per heavy atom. The van der Waals surface area contributed by atoms with Gasteiger partial charge in [-0.05, 0) is 59.0 Å². The van der Waals surface area contributed by atoms with Crippen LogP contribution >= 0.6 is 0 Å². The average Bonchev–Trinajstić information content (AvgIpc) is 3.27. The monoisotopic (exact) mass is 413 g/mol. The van der Waals surface area contributed by atoms with Gasteiger partial charge >= 0.3 is 0 Å². The minimum atomic E-state index is -0.240. The Labute approximate surface area is 181 Å². The lowest BCUT2D eigenvalue weighted by Gasteiger charge is -2.28. The van der Waals surface area contributed by atoms with Crippen molar-refractivity contribution in [3.05, 3.63) is 94.5 Å². The fourth-order valence-corrected chi connectivity index (χ4v) is 3.93. The van der Waals surface area contributed by atoms with Gasteiger partial charge in [0.25, 0.3) is 5.91 Å². The zero-order valence-electron chi connectivity index (χ0n) is 17.1. The topological polar surface area (TPSA) is 63.2 Å². The molecule has 0 aliphatic carbocycles. The molecule has 6 heteroatoms. The number of fused-ring (bicyclic) bond motifs is 2. The van der Waals surface area contributed by atoms with Crippen LogP contribution in [-0.4, -0.2) is 30.4 Å². The van der Waals surface area contributed by atoms with Gasteiger partial charge < -0.3 is 9.47 Å². The molecule has 0 aromatic heterocycles. The lowest BCUT2D eigenvalue weighted by molar-refractivity contribution is 0.0955. The summed E-state index contributed by atoms with van der Waals surface area (Å²) in [5.74, 6) is 1.16. The maximum Gasteiger partial charge on any atom is 0.271 e. The Balaban J connectivity index is 1.16. The maximum atomic E-state index is 12.4. The van der Waals surface area contributed by atoms with Crippen LogP contribution < -0.4 is 14.9 Å². The van der Waals surface area contributed by atoms with Gasteiger partial charge in [0.15, 0.2) is 11.5 Å². The van der Waals surface area contributed by atoms with Crippen LogP contribution in [0.15, 0.2) is 71.8 Å². The molecule has 5 rings (SSSR count). The lowest BCUT2D eigenvalue weighted by atomic mass is 9.99. The summed E-state index contributed by atoms with van der Waals surface area (Å²) in [6.07, 6.45) is 2.67. The number of amides is 1. The van der Waals surface area contributed by atoms with E-state index in [1.165, 1.54) is 16.7 Å². The predicted octanol–water partition coefficient (Wildman–Crippen LogP) is 3.74. The fourth-order valence-electron chi connectivity index (χ4n) is 3.93. The molecule has 0 fully saturated rings. The van der Waals surface area contributed by atoms with Gasteiger partial charge in [-0.3, -0.25) is 9.69 Å². The third-order valence-electron chi connectivity index (χ3n) is 5.61. The van der Waals surface area contributed by atoms with Crippen molar-refractivity contribution in [3.8, 4) is 11.5 Å². The van der Waals surface area contributed by atoms with Crippen molar-refractivity contribution >= 4 is 12.1 Å². The number of benzene rings is 3. The molecule has 1 N–H and O–H groups in total. The lowest BCUT2D eigenvalue weighted by Crippen LogP contribution is -2.30.